The van der Waals surface area contributed by atoms with Crippen LogP contribution in [0.3, 0.4) is 0 Å². The first-order valence-corrected chi connectivity index (χ1v) is 9.62. The lowest BCUT2D eigenvalue weighted by Gasteiger charge is -2.17. The van der Waals surface area contributed by atoms with Crippen LogP contribution in [0.4, 0.5) is 13.2 Å². The number of methoxy groups -OCH3 is 1. The zero-order chi connectivity index (χ0) is 20.9. The van der Waals surface area contributed by atoms with Gasteiger partial charge >= 0.3 is 6.18 Å². The molecule has 0 saturated carbocycles. The number of halogens is 3. The number of ether oxygens (including phenoxy) is 1. The molecule has 2 aromatic rings. The number of carbonyl (C=O) groups is 1. The molecule has 0 aliphatic carbocycles. The number of benzene rings is 2. The maximum Gasteiger partial charge on any atom is 0.417 e. The van der Waals surface area contributed by atoms with E-state index in [0.717, 1.165) is 12.1 Å². The van der Waals surface area contributed by atoms with Crippen LogP contribution in [-0.4, -0.2) is 27.5 Å². The molecule has 0 heterocycles. The van der Waals surface area contributed by atoms with E-state index in [-0.39, 0.29) is 6.54 Å². The molecule has 0 bridgehead atoms. The van der Waals surface area contributed by atoms with Gasteiger partial charge < -0.3 is 10.1 Å². The van der Waals surface area contributed by atoms with Gasteiger partial charge in [-0.3, -0.25) is 4.79 Å². The lowest BCUT2D eigenvalue weighted by molar-refractivity contribution is -0.139. The second-order valence-corrected chi connectivity index (χ2v) is 7.55. The molecule has 2 rings (SSSR count). The highest BCUT2D eigenvalue weighted by molar-refractivity contribution is 7.89. The summed E-state index contributed by atoms with van der Waals surface area (Å²) in [6.45, 7) is 1.30. The van der Waals surface area contributed by atoms with E-state index in [0.29, 0.717) is 17.4 Å². The highest BCUT2D eigenvalue weighted by Gasteiger charge is 2.37. The molecule has 0 fully saturated rings. The molecule has 0 saturated heterocycles. The Labute approximate surface area is 160 Å². The van der Waals surface area contributed by atoms with Crippen molar-refractivity contribution in [2.45, 2.75) is 30.6 Å². The fourth-order valence-corrected chi connectivity index (χ4v) is 3.90. The zero-order valence-corrected chi connectivity index (χ0v) is 15.9. The number of hydrogen-bond acceptors (Lipinski definition) is 4. The Morgan fingerprint density at radius 3 is 2.36 bits per heavy atom. The Balaban J connectivity index is 2.11. The predicted molar refractivity (Wildman–Crippen MR) is 96.1 cm³/mol. The van der Waals surface area contributed by atoms with Crippen molar-refractivity contribution in [3.63, 3.8) is 0 Å². The lowest BCUT2D eigenvalue weighted by atomic mass is 10.2. The molecule has 2 N–H and O–H groups in total. The van der Waals surface area contributed by atoms with Gasteiger partial charge in [-0.15, -0.1) is 0 Å². The fourth-order valence-electron chi connectivity index (χ4n) is 2.47. The minimum absolute atomic E-state index is 0.0635. The van der Waals surface area contributed by atoms with Crippen LogP contribution in [0, 0.1) is 0 Å². The zero-order valence-electron chi connectivity index (χ0n) is 15.1. The number of carbonyl (C=O) groups excluding carboxylic acids is 1. The van der Waals surface area contributed by atoms with Crippen molar-refractivity contribution in [1.29, 1.82) is 0 Å². The Kier molecular flexibility index (Phi) is 6.68. The first-order valence-electron chi connectivity index (χ1n) is 8.14. The topological polar surface area (TPSA) is 84.5 Å². The normalized spacial score (nSPS) is 13.0. The summed E-state index contributed by atoms with van der Waals surface area (Å²) >= 11 is 0. The Morgan fingerprint density at radius 1 is 1.11 bits per heavy atom. The van der Waals surface area contributed by atoms with Crippen LogP contribution in [0.5, 0.6) is 5.75 Å². The number of rotatable bonds is 7. The summed E-state index contributed by atoms with van der Waals surface area (Å²) in [7, 11) is -3.10. The first-order chi connectivity index (χ1) is 13.1. The van der Waals surface area contributed by atoms with E-state index in [2.05, 4.69) is 5.32 Å². The largest absolute Gasteiger partial charge is 0.496 e. The van der Waals surface area contributed by atoms with Crippen LogP contribution >= 0.6 is 0 Å². The highest BCUT2D eigenvalue weighted by Crippen LogP contribution is 2.33. The molecule has 0 aliphatic heterocycles. The summed E-state index contributed by atoms with van der Waals surface area (Å²) in [5.74, 6) is -0.158. The van der Waals surface area contributed by atoms with Gasteiger partial charge in [0.25, 0.3) is 0 Å². The van der Waals surface area contributed by atoms with Crippen LogP contribution in [0.1, 0.15) is 18.1 Å². The minimum Gasteiger partial charge on any atom is -0.496 e. The fraction of sp³-hybridized carbons (Fsp3) is 0.278. The Hall–Kier alpha value is -2.59. The van der Waals surface area contributed by atoms with E-state index in [1.54, 1.807) is 24.3 Å². The van der Waals surface area contributed by atoms with E-state index in [1.807, 2.05) is 4.72 Å². The molecule has 6 nitrogen and oxygen atoms in total. The molecule has 0 radical (unpaired) electrons. The summed E-state index contributed by atoms with van der Waals surface area (Å²) in [6, 6.07) is 9.38. The number of sulfonamides is 1. The Morgan fingerprint density at radius 2 is 1.71 bits per heavy atom. The van der Waals surface area contributed by atoms with Crippen molar-refractivity contribution in [2.75, 3.05) is 7.11 Å². The van der Waals surface area contributed by atoms with E-state index in [1.165, 1.54) is 20.1 Å². The van der Waals surface area contributed by atoms with Gasteiger partial charge in [-0.05, 0) is 25.1 Å². The first kappa shape index (κ1) is 21.7. The summed E-state index contributed by atoms with van der Waals surface area (Å²) in [5.41, 5.74) is -0.639. The molecule has 2 aromatic carbocycles. The maximum absolute atomic E-state index is 13.1. The average molecular weight is 416 g/mol. The molecular formula is C18H19F3N2O4S. The molecule has 28 heavy (non-hydrogen) atoms. The van der Waals surface area contributed by atoms with E-state index in [4.69, 9.17) is 4.74 Å². The monoisotopic (exact) mass is 416 g/mol. The Bertz CT molecular complexity index is 946. The molecular weight excluding hydrogens is 397 g/mol. The van der Waals surface area contributed by atoms with Gasteiger partial charge in [-0.2, -0.15) is 17.9 Å². The molecule has 0 aliphatic rings. The standard InChI is InChI=1S/C18H19F3N2O4S/c1-12(17(24)22-11-13-7-3-5-9-15(13)27-2)23-28(25,26)16-10-6-4-8-14(16)18(19,20)21/h3-10,12,23H,11H2,1-2H3,(H,22,24)/t12-/m1/s1. The minimum atomic E-state index is -4.85. The van der Waals surface area contributed by atoms with Gasteiger partial charge in [-0.25, -0.2) is 8.42 Å². The predicted octanol–water partition coefficient (Wildman–Crippen LogP) is 2.70. The number of alkyl halides is 3. The molecule has 0 unspecified atom stereocenters. The molecule has 0 spiro atoms. The van der Waals surface area contributed by atoms with Gasteiger partial charge in [0.15, 0.2) is 0 Å². The lowest BCUT2D eigenvalue weighted by Crippen LogP contribution is -2.44. The molecule has 1 amide bonds. The van der Waals surface area contributed by atoms with E-state index < -0.39 is 38.6 Å². The number of amides is 1. The van der Waals surface area contributed by atoms with E-state index in [9.17, 15) is 26.4 Å². The average Bonchev–Trinajstić information content (AvgIpc) is 2.65. The number of hydrogen-bond donors (Lipinski definition) is 2. The van der Waals surface area contributed by atoms with Crippen LogP contribution in [0.15, 0.2) is 53.4 Å². The molecule has 0 aromatic heterocycles. The second-order valence-electron chi connectivity index (χ2n) is 5.87. The van der Waals surface area contributed by atoms with Crippen LogP contribution in [0.25, 0.3) is 0 Å². The summed E-state index contributed by atoms with van der Waals surface area (Å²) in [4.78, 5) is 11.3. The third-order valence-electron chi connectivity index (χ3n) is 3.85. The van der Waals surface area contributed by atoms with Crippen LogP contribution in [-0.2, 0) is 27.5 Å². The highest BCUT2D eigenvalue weighted by atomic mass is 32.2. The maximum atomic E-state index is 13.1. The second kappa shape index (κ2) is 8.61. The van der Waals surface area contributed by atoms with E-state index >= 15 is 0 Å². The summed E-state index contributed by atoms with van der Waals surface area (Å²) < 4.78 is 71.1. The summed E-state index contributed by atoms with van der Waals surface area (Å²) in [6.07, 6.45) is -4.85. The quantitative estimate of drug-likeness (QED) is 0.727. The van der Waals surface area contributed by atoms with Crippen molar-refractivity contribution in [2.24, 2.45) is 0 Å². The van der Waals surface area contributed by atoms with Crippen molar-refractivity contribution >= 4 is 15.9 Å². The van der Waals surface area contributed by atoms with Gasteiger partial charge in [-0.1, -0.05) is 30.3 Å². The van der Waals surface area contributed by atoms with Crippen LogP contribution < -0.4 is 14.8 Å². The number of nitrogens with one attached hydrogen (secondary N) is 2. The van der Waals surface area contributed by atoms with Crippen LogP contribution in [0.2, 0.25) is 0 Å². The van der Waals surface area contributed by atoms with Crippen molar-refractivity contribution in [3.05, 3.63) is 59.7 Å². The van der Waals surface area contributed by atoms with Gasteiger partial charge in [0, 0.05) is 12.1 Å². The van der Waals surface area contributed by atoms with Crippen molar-refractivity contribution < 1.29 is 31.1 Å². The third kappa shape index (κ3) is 5.23. The third-order valence-corrected chi connectivity index (χ3v) is 5.45. The molecule has 10 heteroatoms. The van der Waals surface area contributed by atoms with Gasteiger partial charge in [0.1, 0.15) is 5.75 Å². The molecule has 152 valence electrons. The number of para-hydroxylation sites is 1. The van der Waals surface area contributed by atoms with Crippen molar-refractivity contribution in [1.82, 2.24) is 10.0 Å². The summed E-state index contributed by atoms with van der Waals surface area (Å²) in [5, 5.41) is 2.52. The van der Waals surface area contributed by atoms with Gasteiger partial charge in [0.2, 0.25) is 15.9 Å². The van der Waals surface area contributed by atoms with Gasteiger partial charge in [0.05, 0.1) is 23.6 Å². The smallest absolute Gasteiger partial charge is 0.417 e. The SMILES string of the molecule is COc1ccccc1CNC(=O)[C@@H](C)NS(=O)(=O)c1ccccc1C(F)(F)F. The van der Waals surface area contributed by atoms with Crippen molar-refractivity contribution in [3.8, 4) is 5.75 Å². The molecule has 1 atom stereocenters.